The van der Waals surface area contributed by atoms with Gasteiger partial charge in [-0.05, 0) is 29.2 Å². The predicted molar refractivity (Wildman–Crippen MR) is 99.7 cm³/mol. The highest BCUT2D eigenvalue weighted by atomic mass is 19.1. The van der Waals surface area contributed by atoms with Gasteiger partial charge in [0.15, 0.2) is 11.5 Å². The van der Waals surface area contributed by atoms with Crippen LogP contribution in [-0.2, 0) is 0 Å². The molecule has 1 atom stereocenters. The summed E-state index contributed by atoms with van der Waals surface area (Å²) in [5.74, 6) is -0.380. The van der Waals surface area contributed by atoms with E-state index in [4.69, 9.17) is 4.52 Å². The lowest BCUT2D eigenvalue weighted by molar-refractivity contribution is 0.0907. The molecule has 27 heavy (non-hydrogen) atoms. The molecular formula is C21H21FN2O3. The summed E-state index contributed by atoms with van der Waals surface area (Å²) in [7, 11) is 0. The highest BCUT2D eigenvalue weighted by Crippen LogP contribution is 2.23. The van der Waals surface area contributed by atoms with Gasteiger partial charge in [0.25, 0.3) is 5.91 Å². The summed E-state index contributed by atoms with van der Waals surface area (Å²) in [6.45, 7) is 4.22. The van der Waals surface area contributed by atoms with Gasteiger partial charge in [0.2, 0.25) is 0 Å². The Morgan fingerprint density at radius 1 is 1.15 bits per heavy atom. The monoisotopic (exact) mass is 368 g/mol. The van der Waals surface area contributed by atoms with Gasteiger partial charge in [-0.1, -0.05) is 55.4 Å². The first-order valence-corrected chi connectivity index (χ1v) is 8.73. The summed E-state index contributed by atoms with van der Waals surface area (Å²) in [4.78, 5) is 12.2. The fourth-order valence-electron chi connectivity index (χ4n) is 2.67. The van der Waals surface area contributed by atoms with Crippen molar-refractivity contribution in [1.82, 2.24) is 10.5 Å². The molecule has 5 nitrogen and oxygen atoms in total. The Kier molecular flexibility index (Phi) is 5.66. The zero-order valence-electron chi connectivity index (χ0n) is 15.1. The van der Waals surface area contributed by atoms with Crippen LogP contribution in [0.4, 0.5) is 4.39 Å². The number of hydrogen-bond donors (Lipinski definition) is 2. The van der Waals surface area contributed by atoms with Crippen LogP contribution in [0.25, 0.3) is 11.3 Å². The zero-order valence-corrected chi connectivity index (χ0v) is 15.1. The molecule has 0 radical (unpaired) electrons. The smallest absolute Gasteiger partial charge is 0.273 e. The minimum absolute atomic E-state index is 0.0237. The largest absolute Gasteiger partial charge is 0.387 e. The van der Waals surface area contributed by atoms with Gasteiger partial charge in [-0.25, -0.2) is 4.39 Å². The number of carbonyl (C=O) groups excluding carboxylic acids is 1. The van der Waals surface area contributed by atoms with Crippen LogP contribution in [0, 0.1) is 5.82 Å². The van der Waals surface area contributed by atoms with Gasteiger partial charge < -0.3 is 14.9 Å². The summed E-state index contributed by atoms with van der Waals surface area (Å²) < 4.78 is 18.9. The molecule has 6 heteroatoms. The summed E-state index contributed by atoms with van der Waals surface area (Å²) in [6.07, 6.45) is -0.840. The first-order chi connectivity index (χ1) is 13.0. The van der Waals surface area contributed by atoms with E-state index in [2.05, 4.69) is 24.3 Å². The maximum absolute atomic E-state index is 13.8. The molecule has 0 saturated carbocycles. The molecule has 3 rings (SSSR count). The summed E-state index contributed by atoms with van der Waals surface area (Å²) in [6, 6.07) is 15.1. The summed E-state index contributed by atoms with van der Waals surface area (Å²) in [5, 5.41) is 16.5. The molecule has 1 aromatic heterocycles. The number of aliphatic hydroxyl groups is 1. The minimum Gasteiger partial charge on any atom is -0.387 e. The van der Waals surface area contributed by atoms with Crippen molar-refractivity contribution in [2.24, 2.45) is 0 Å². The van der Waals surface area contributed by atoms with Crippen LogP contribution in [0.15, 0.2) is 59.1 Å². The Hall–Kier alpha value is -2.99. The normalized spacial score (nSPS) is 12.2. The van der Waals surface area contributed by atoms with Crippen LogP contribution >= 0.6 is 0 Å². The quantitative estimate of drug-likeness (QED) is 0.688. The van der Waals surface area contributed by atoms with Gasteiger partial charge in [0, 0.05) is 12.6 Å². The van der Waals surface area contributed by atoms with E-state index >= 15 is 0 Å². The van der Waals surface area contributed by atoms with E-state index in [-0.39, 0.29) is 23.6 Å². The van der Waals surface area contributed by atoms with Crippen LogP contribution in [0.5, 0.6) is 0 Å². The number of nitrogens with zero attached hydrogens (tertiary/aromatic N) is 1. The molecule has 3 aromatic rings. The highest BCUT2D eigenvalue weighted by Gasteiger charge is 2.17. The average molecular weight is 368 g/mol. The van der Waals surface area contributed by atoms with Crippen molar-refractivity contribution in [2.75, 3.05) is 6.54 Å². The van der Waals surface area contributed by atoms with Crippen molar-refractivity contribution in [2.45, 2.75) is 25.9 Å². The molecule has 1 unspecified atom stereocenters. The SMILES string of the molecule is CC(C)c1ccc(C(O)CNC(=O)c2cc(-c3ccccc3F)on2)cc1. The summed E-state index contributed by atoms with van der Waals surface area (Å²) >= 11 is 0. The summed E-state index contributed by atoms with van der Waals surface area (Å²) in [5.41, 5.74) is 2.15. The van der Waals surface area contributed by atoms with Gasteiger partial charge in [-0.2, -0.15) is 0 Å². The van der Waals surface area contributed by atoms with Crippen molar-refractivity contribution < 1.29 is 18.8 Å². The second-order valence-corrected chi connectivity index (χ2v) is 6.60. The Labute approximate surface area is 156 Å². The van der Waals surface area contributed by atoms with E-state index < -0.39 is 17.8 Å². The van der Waals surface area contributed by atoms with E-state index in [1.165, 1.54) is 17.7 Å². The standard InChI is InChI=1S/C21H21FN2O3/c1-13(2)14-7-9-15(10-8-14)19(25)12-23-21(26)18-11-20(27-24-18)16-5-3-4-6-17(16)22/h3-11,13,19,25H,12H2,1-2H3,(H,23,26). The van der Waals surface area contributed by atoms with Gasteiger partial charge in [0.1, 0.15) is 5.82 Å². The third-order valence-corrected chi connectivity index (χ3v) is 4.33. The van der Waals surface area contributed by atoms with Gasteiger partial charge in [-0.3, -0.25) is 4.79 Å². The minimum atomic E-state index is -0.840. The lowest BCUT2D eigenvalue weighted by Gasteiger charge is -2.13. The fourth-order valence-corrected chi connectivity index (χ4v) is 2.67. The third kappa shape index (κ3) is 4.41. The zero-order chi connectivity index (χ0) is 19.4. The molecule has 0 aliphatic heterocycles. The Balaban J connectivity index is 1.62. The van der Waals surface area contributed by atoms with Crippen molar-refractivity contribution in [3.63, 3.8) is 0 Å². The molecule has 2 N–H and O–H groups in total. The van der Waals surface area contributed by atoms with Crippen molar-refractivity contribution >= 4 is 5.91 Å². The third-order valence-electron chi connectivity index (χ3n) is 4.33. The van der Waals surface area contributed by atoms with E-state index in [9.17, 15) is 14.3 Å². The second-order valence-electron chi connectivity index (χ2n) is 6.60. The number of rotatable bonds is 6. The van der Waals surface area contributed by atoms with Gasteiger partial charge in [-0.15, -0.1) is 0 Å². The van der Waals surface area contributed by atoms with Crippen LogP contribution in [0.2, 0.25) is 0 Å². The fraction of sp³-hybridized carbons (Fsp3) is 0.238. The lowest BCUT2D eigenvalue weighted by atomic mass is 10.00. The number of amides is 1. The molecule has 0 aliphatic carbocycles. The van der Waals surface area contributed by atoms with E-state index in [0.717, 1.165) is 0 Å². The first-order valence-electron chi connectivity index (χ1n) is 8.73. The first kappa shape index (κ1) is 18.8. The van der Waals surface area contributed by atoms with E-state index in [1.807, 2.05) is 24.3 Å². The number of aliphatic hydroxyl groups excluding tert-OH is 1. The Morgan fingerprint density at radius 2 is 1.81 bits per heavy atom. The predicted octanol–water partition coefficient (Wildman–Crippen LogP) is 4.07. The lowest BCUT2D eigenvalue weighted by Crippen LogP contribution is -2.28. The molecule has 0 saturated heterocycles. The molecule has 0 spiro atoms. The molecule has 0 bridgehead atoms. The van der Waals surface area contributed by atoms with Crippen LogP contribution < -0.4 is 5.32 Å². The van der Waals surface area contributed by atoms with Gasteiger partial charge in [0.05, 0.1) is 11.7 Å². The molecule has 0 aliphatic rings. The topological polar surface area (TPSA) is 75.4 Å². The number of halogens is 1. The Morgan fingerprint density at radius 3 is 2.48 bits per heavy atom. The number of hydrogen-bond acceptors (Lipinski definition) is 4. The number of benzene rings is 2. The molecule has 2 aromatic carbocycles. The Bertz CT molecular complexity index is 919. The number of aromatic nitrogens is 1. The van der Waals surface area contributed by atoms with E-state index in [0.29, 0.717) is 11.5 Å². The highest BCUT2D eigenvalue weighted by molar-refractivity contribution is 5.93. The van der Waals surface area contributed by atoms with Crippen molar-refractivity contribution in [1.29, 1.82) is 0 Å². The van der Waals surface area contributed by atoms with Crippen molar-refractivity contribution in [3.05, 3.63) is 77.2 Å². The molecule has 1 amide bonds. The second kappa shape index (κ2) is 8.14. The maximum Gasteiger partial charge on any atom is 0.273 e. The van der Waals surface area contributed by atoms with Crippen molar-refractivity contribution in [3.8, 4) is 11.3 Å². The van der Waals surface area contributed by atoms with Crippen LogP contribution in [0.3, 0.4) is 0 Å². The molecule has 140 valence electrons. The number of nitrogens with one attached hydrogen (secondary N) is 1. The van der Waals surface area contributed by atoms with E-state index in [1.54, 1.807) is 18.2 Å². The maximum atomic E-state index is 13.8. The molecule has 1 heterocycles. The number of carbonyl (C=O) groups is 1. The molecule has 0 fully saturated rings. The van der Waals surface area contributed by atoms with Gasteiger partial charge >= 0.3 is 0 Å². The molecular weight excluding hydrogens is 347 g/mol. The average Bonchev–Trinajstić information content (AvgIpc) is 3.16. The van der Waals surface area contributed by atoms with Crippen LogP contribution in [0.1, 0.15) is 47.5 Å². The van der Waals surface area contributed by atoms with Crippen LogP contribution in [-0.4, -0.2) is 22.7 Å².